The van der Waals surface area contributed by atoms with Gasteiger partial charge in [0.25, 0.3) is 8.40 Å². The first-order valence-electron chi connectivity index (χ1n) is 7.57. The Kier molecular flexibility index (Phi) is 5.01. The number of amides is 2. The monoisotopic (exact) mass is 326 g/mol. The summed E-state index contributed by atoms with van der Waals surface area (Å²) >= 11 is 0. The molecule has 0 aliphatic carbocycles. The first-order valence-corrected chi connectivity index (χ1v) is 10.5. The summed E-state index contributed by atoms with van der Waals surface area (Å²) in [7, 11) is -2.60. The first-order chi connectivity index (χ1) is 10.9. The van der Waals surface area contributed by atoms with Crippen molar-refractivity contribution in [1.29, 1.82) is 0 Å². The molecule has 0 saturated heterocycles. The minimum absolute atomic E-state index is 0.0601. The fourth-order valence-electron chi connectivity index (χ4n) is 3.02. The minimum atomic E-state index is -2.60. The van der Waals surface area contributed by atoms with Crippen molar-refractivity contribution in [1.82, 2.24) is 0 Å². The lowest BCUT2D eigenvalue weighted by Gasteiger charge is -2.43. The third kappa shape index (κ3) is 3.51. The average molecular weight is 326 g/mol. The maximum absolute atomic E-state index is 12.4. The molecule has 0 fully saturated rings. The Bertz CT molecular complexity index is 627. The van der Waals surface area contributed by atoms with Crippen LogP contribution in [0.25, 0.3) is 0 Å². The lowest BCUT2D eigenvalue weighted by atomic mass is 10.3. The van der Waals surface area contributed by atoms with Crippen LogP contribution in [0, 0.1) is 0 Å². The predicted molar refractivity (Wildman–Crippen MR) is 96.7 cm³/mol. The zero-order valence-electron chi connectivity index (χ0n) is 14.0. The molecular formula is C18H22N2O2Si. The van der Waals surface area contributed by atoms with E-state index >= 15 is 0 Å². The topological polar surface area (TPSA) is 40.6 Å². The number of para-hydroxylation sites is 2. The molecule has 2 amide bonds. The highest BCUT2D eigenvalue weighted by Crippen LogP contribution is 2.28. The normalized spacial score (nSPS) is 11.0. The summed E-state index contributed by atoms with van der Waals surface area (Å²) in [6, 6.07) is 19.0. The molecule has 5 heteroatoms. The maximum Gasteiger partial charge on any atom is 0.272 e. The highest BCUT2D eigenvalue weighted by Gasteiger charge is 2.42. The van der Waals surface area contributed by atoms with Crippen molar-refractivity contribution in [3.63, 3.8) is 0 Å². The summed E-state index contributed by atoms with van der Waals surface area (Å²) in [5.41, 5.74) is 1.64. The van der Waals surface area contributed by atoms with Gasteiger partial charge < -0.3 is 9.13 Å². The summed E-state index contributed by atoms with van der Waals surface area (Å²) in [4.78, 5) is 24.7. The number of rotatable bonds is 4. The Balaban J connectivity index is 2.55. The fraction of sp³-hybridized carbons (Fsp3) is 0.222. The Labute approximate surface area is 138 Å². The van der Waals surface area contributed by atoms with Crippen molar-refractivity contribution in [2.75, 3.05) is 9.13 Å². The van der Waals surface area contributed by atoms with E-state index in [4.69, 9.17) is 0 Å². The molecule has 0 heterocycles. The molecule has 2 rings (SSSR count). The van der Waals surface area contributed by atoms with Crippen molar-refractivity contribution in [3.8, 4) is 0 Å². The van der Waals surface area contributed by atoms with Crippen LogP contribution in [0.3, 0.4) is 0 Å². The van der Waals surface area contributed by atoms with E-state index in [0.717, 1.165) is 11.4 Å². The molecule has 0 spiro atoms. The second-order valence-corrected chi connectivity index (χ2v) is 9.76. The molecule has 0 atom stereocenters. The van der Waals surface area contributed by atoms with Crippen LogP contribution in [0.4, 0.5) is 11.4 Å². The molecular weight excluding hydrogens is 304 g/mol. The summed E-state index contributed by atoms with van der Waals surface area (Å²) in [6.07, 6.45) is 0. The highest BCUT2D eigenvalue weighted by atomic mass is 28.3. The quantitative estimate of drug-likeness (QED) is 0.802. The summed E-state index contributed by atoms with van der Waals surface area (Å²) in [5.74, 6) is -0.120. The molecule has 0 N–H and O–H groups in total. The van der Waals surface area contributed by atoms with Crippen molar-refractivity contribution in [2.45, 2.75) is 26.9 Å². The molecule has 120 valence electrons. The van der Waals surface area contributed by atoms with Gasteiger partial charge in [-0.1, -0.05) is 36.4 Å². The van der Waals surface area contributed by atoms with Gasteiger partial charge in [-0.05, 0) is 37.4 Å². The number of carbonyl (C=O) groups excluding carboxylic acids is 2. The van der Waals surface area contributed by atoms with E-state index in [1.807, 2.05) is 73.8 Å². The number of hydrogen-bond donors (Lipinski definition) is 0. The summed E-state index contributed by atoms with van der Waals surface area (Å²) in [5, 5.41) is 0. The van der Waals surface area contributed by atoms with Gasteiger partial charge in [-0.2, -0.15) is 0 Å². The van der Waals surface area contributed by atoms with Crippen LogP contribution in [0.2, 0.25) is 13.1 Å². The van der Waals surface area contributed by atoms with Gasteiger partial charge in [0.2, 0.25) is 11.8 Å². The molecule has 0 radical (unpaired) electrons. The van der Waals surface area contributed by atoms with E-state index in [1.165, 1.54) is 0 Å². The molecule has 0 unspecified atom stereocenters. The van der Waals surface area contributed by atoms with Gasteiger partial charge in [-0.25, -0.2) is 0 Å². The highest BCUT2D eigenvalue weighted by molar-refractivity contribution is 6.89. The van der Waals surface area contributed by atoms with Gasteiger partial charge in [-0.3, -0.25) is 9.59 Å². The Morgan fingerprint density at radius 3 is 1.26 bits per heavy atom. The van der Waals surface area contributed by atoms with Crippen molar-refractivity contribution in [3.05, 3.63) is 60.7 Å². The number of anilines is 2. The minimum Gasteiger partial charge on any atom is -0.321 e. The number of benzene rings is 2. The lowest BCUT2D eigenvalue weighted by molar-refractivity contribution is -0.115. The van der Waals surface area contributed by atoms with Gasteiger partial charge >= 0.3 is 0 Å². The number of carbonyl (C=O) groups is 2. The van der Waals surface area contributed by atoms with Crippen LogP contribution in [0.5, 0.6) is 0 Å². The molecule has 0 aliphatic heterocycles. The Morgan fingerprint density at radius 2 is 1.00 bits per heavy atom. The zero-order chi connectivity index (χ0) is 17.0. The van der Waals surface area contributed by atoms with E-state index in [0.29, 0.717) is 0 Å². The standard InChI is InChI=1S/C18H22N2O2Si/c1-15(21)19(17-11-7-5-8-12-17)23(3,4)20(16(2)22)18-13-9-6-10-14-18/h5-14H,1-4H3. The van der Waals surface area contributed by atoms with Crippen LogP contribution in [-0.4, -0.2) is 20.2 Å². The van der Waals surface area contributed by atoms with E-state index in [1.54, 1.807) is 23.0 Å². The first kappa shape index (κ1) is 17.0. The van der Waals surface area contributed by atoms with Crippen molar-refractivity contribution < 1.29 is 9.59 Å². The molecule has 0 saturated carbocycles. The van der Waals surface area contributed by atoms with Gasteiger partial charge in [-0.15, -0.1) is 0 Å². The van der Waals surface area contributed by atoms with Crippen LogP contribution < -0.4 is 9.13 Å². The molecule has 23 heavy (non-hydrogen) atoms. The van der Waals surface area contributed by atoms with Crippen molar-refractivity contribution in [2.24, 2.45) is 0 Å². The summed E-state index contributed by atoms with van der Waals surface area (Å²) < 4.78 is 3.56. The largest absolute Gasteiger partial charge is 0.321 e. The van der Waals surface area contributed by atoms with Crippen molar-refractivity contribution >= 4 is 31.6 Å². The van der Waals surface area contributed by atoms with Crippen LogP contribution >= 0.6 is 0 Å². The molecule has 0 aliphatic rings. The SMILES string of the molecule is CC(=O)N(c1ccccc1)[Si](C)(C)N(C(C)=O)c1ccccc1. The van der Waals surface area contributed by atoms with Crippen LogP contribution in [-0.2, 0) is 9.59 Å². The second-order valence-electron chi connectivity index (χ2n) is 5.87. The molecule has 0 aromatic heterocycles. The molecule has 2 aromatic carbocycles. The average Bonchev–Trinajstić information content (AvgIpc) is 2.48. The van der Waals surface area contributed by atoms with E-state index in [-0.39, 0.29) is 11.8 Å². The fourth-order valence-corrected chi connectivity index (χ4v) is 6.32. The van der Waals surface area contributed by atoms with Gasteiger partial charge in [0, 0.05) is 25.2 Å². The Hall–Kier alpha value is -2.40. The number of hydrogen-bond acceptors (Lipinski definition) is 2. The van der Waals surface area contributed by atoms with E-state index < -0.39 is 8.40 Å². The molecule has 0 bridgehead atoms. The molecule has 4 nitrogen and oxygen atoms in total. The van der Waals surface area contributed by atoms with Crippen LogP contribution in [0.1, 0.15) is 13.8 Å². The third-order valence-corrected chi connectivity index (χ3v) is 7.09. The maximum atomic E-state index is 12.4. The van der Waals surface area contributed by atoms with E-state index in [9.17, 15) is 9.59 Å². The van der Waals surface area contributed by atoms with Crippen LogP contribution in [0.15, 0.2) is 60.7 Å². The Morgan fingerprint density at radius 1 is 0.696 bits per heavy atom. The zero-order valence-corrected chi connectivity index (χ0v) is 15.0. The lowest BCUT2D eigenvalue weighted by Crippen LogP contribution is -2.65. The van der Waals surface area contributed by atoms with Gasteiger partial charge in [0.05, 0.1) is 0 Å². The summed E-state index contributed by atoms with van der Waals surface area (Å²) in [6.45, 7) is 7.11. The smallest absolute Gasteiger partial charge is 0.272 e. The van der Waals surface area contributed by atoms with Gasteiger partial charge in [0.15, 0.2) is 0 Å². The van der Waals surface area contributed by atoms with Gasteiger partial charge in [0.1, 0.15) is 0 Å². The van der Waals surface area contributed by atoms with E-state index in [2.05, 4.69) is 0 Å². The molecule has 2 aromatic rings. The second kappa shape index (κ2) is 6.79. The number of nitrogens with zero attached hydrogens (tertiary/aromatic N) is 2. The third-order valence-electron chi connectivity index (χ3n) is 3.75. The predicted octanol–water partition coefficient (Wildman–Crippen LogP) is 3.79.